The summed E-state index contributed by atoms with van der Waals surface area (Å²) < 4.78 is 32.5. The topological polar surface area (TPSA) is 103 Å². The fraction of sp³-hybridized carbons (Fsp3) is 0.364. The molecule has 2 heterocycles. The molecule has 0 atom stereocenters. The molecule has 0 aliphatic heterocycles. The molecular weight excluding hydrogens is 316 g/mol. The molecule has 0 bridgehead atoms. The van der Waals surface area contributed by atoms with Gasteiger partial charge in [-0.2, -0.15) is 4.98 Å². The third-order valence-electron chi connectivity index (χ3n) is 2.33. The van der Waals surface area contributed by atoms with Gasteiger partial charge < -0.3 is 4.74 Å². The Morgan fingerprint density at radius 3 is 2.90 bits per heavy atom. The number of hydrogen-bond donors (Lipinski definition) is 1. The summed E-state index contributed by atoms with van der Waals surface area (Å²) >= 11 is 1.11. The Morgan fingerprint density at radius 2 is 2.29 bits per heavy atom. The molecule has 0 saturated carbocycles. The molecule has 2 aromatic heterocycles. The zero-order valence-corrected chi connectivity index (χ0v) is 13.1. The van der Waals surface area contributed by atoms with Gasteiger partial charge in [-0.05, 0) is 30.9 Å². The molecule has 0 aliphatic rings. The molecule has 0 unspecified atom stereocenters. The molecule has 2 aromatic rings. The first kappa shape index (κ1) is 15.4. The van der Waals surface area contributed by atoms with Crippen LogP contribution in [-0.4, -0.2) is 35.8 Å². The van der Waals surface area contributed by atoms with Gasteiger partial charge in [0.25, 0.3) is 16.0 Å². The van der Waals surface area contributed by atoms with Gasteiger partial charge in [0.2, 0.25) is 0 Å². The second-order valence-corrected chi connectivity index (χ2v) is 6.94. The lowest BCUT2D eigenvalue weighted by molar-refractivity contribution is -0.144. The van der Waals surface area contributed by atoms with E-state index in [1.54, 1.807) is 18.4 Å². The highest BCUT2D eigenvalue weighted by molar-refractivity contribution is 7.94. The van der Waals surface area contributed by atoms with Crippen molar-refractivity contribution >= 4 is 33.3 Å². The Bertz CT molecular complexity index is 735. The number of aryl methyl sites for hydroxylation is 1. The molecule has 8 nitrogen and oxygen atoms in total. The van der Waals surface area contributed by atoms with Crippen molar-refractivity contribution in [2.75, 3.05) is 11.3 Å². The van der Waals surface area contributed by atoms with Crippen molar-refractivity contribution in [3.8, 4) is 0 Å². The number of nitrogens with zero attached hydrogens (tertiary/aromatic N) is 3. The molecular formula is C11H14N4O4S2. The maximum Gasteiger partial charge on any atom is 0.327 e. The minimum absolute atomic E-state index is 0.0923. The number of aromatic nitrogens is 3. The number of sulfonamides is 1. The minimum Gasteiger partial charge on any atom is -0.465 e. The monoisotopic (exact) mass is 330 g/mol. The number of rotatable bonds is 6. The van der Waals surface area contributed by atoms with Crippen molar-refractivity contribution in [3.63, 3.8) is 0 Å². The molecule has 114 valence electrons. The molecule has 10 heteroatoms. The van der Waals surface area contributed by atoms with E-state index in [-0.39, 0.29) is 23.3 Å². The molecule has 21 heavy (non-hydrogen) atoms. The predicted octanol–water partition coefficient (Wildman–Crippen LogP) is 1.01. The molecule has 0 amide bonds. The standard InChI is InChI=1S/C11H14N4O4S2/c1-3-19-9(16)5-15-7-12-11(13-15)14-21(17,18)10-4-8(2)6-20-10/h4,6-7H,3,5H2,1-2H3,(H,13,14). The molecule has 0 fully saturated rings. The van der Waals surface area contributed by atoms with Crippen LogP contribution in [0.4, 0.5) is 5.95 Å². The molecule has 0 saturated heterocycles. The summed E-state index contributed by atoms with van der Waals surface area (Å²) in [6.07, 6.45) is 1.26. The highest BCUT2D eigenvalue weighted by Crippen LogP contribution is 2.21. The van der Waals surface area contributed by atoms with Crippen LogP contribution in [0.3, 0.4) is 0 Å². The first-order valence-corrected chi connectivity index (χ1v) is 8.40. The van der Waals surface area contributed by atoms with Gasteiger partial charge in [0.15, 0.2) is 0 Å². The molecule has 0 aromatic carbocycles. The van der Waals surface area contributed by atoms with Gasteiger partial charge in [0, 0.05) is 0 Å². The third-order valence-corrected chi connectivity index (χ3v) is 5.22. The van der Waals surface area contributed by atoms with Gasteiger partial charge in [-0.25, -0.2) is 17.8 Å². The number of thiophene rings is 1. The lowest BCUT2D eigenvalue weighted by Gasteiger charge is -2.02. The maximum absolute atomic E-state index is 12.1. The Balaban J connectivity index is 2.07. The van der Waals surface area contributed by atoms with Crippen LogP contribution in [0.2, 0.25) is 0 Å². The first-order chi connectivity index (χ1) is 9.90. The van der Waals surface area contributed by atoms with Crippen LogP contribution in [0.25, 0.3) is 0 Å². The van der Waals surface area contributed by atoms with Gasteiger partial charge in [0.1, 0.15) is 17.1 Å². The molecule has 2 rings (SSSR count). The average Bonchev–Trinajstić information content (AvgIpc) is 2.99. The number of nitrogens with one attached hydrogen (secondary N) is 1. The Hall–Kier alpha value is -1.94. The number of carbonyl (C=O) groups is 1. The second-order valence-electron chi connectivity index (χ2n) is 4.12. The summed E-state index contributed by atoms with van der Waals surface area (Å²) in [6.45, 7) is 3.65. The molecule has 0 radical (unpaired) electrons. The SMILES string of the molecule is CCOC(=O)Cn1cnc(NS(=O)(=O)c2cc(C)cs2)n1. The quantitative estimate of drug-likeness (QED) is 0.793. The summed E-state index contributed by atoms with van der Waals surface area (Å²) in [5, 5.41) is 5.61. The van der Waals surface area contributed by atoms with E-state index in [0.717, 1.165) is 16.9 Å². The third kappa shape index (κ3) is 4.02. The largest absolute Gasteiger partial charge is 0.465 e. The number of hydrogen-bond acceptors (Lipinski definition) is 7. The molecule has 0 spiro atoms. The van der Waals surface area contributed by atoms with Crippen LogP contribution in [0, 0.1) is 6.92 Å². The van der Waals surface area contributed by atoms with Crippen molar-refractivity contribution in [3.05, 3.63) is 23.3 Å². The van der Waals surface area contributed by atoms with Crippen LogP contribution < -0.4 is 4.72 Å². The normalized spacial score (nSPS) is 11.3. The van der Waals surface area contributed by atoms with Crippen LogP contribution in [0.1, 0.15) is 12.5 Å². The zero-order chi connectivity index (χ0) is 15.5. The summed E-state index contributed by atoms with van der Waals surface area (Å²) in [7, 11) is -3.70. The van der Waals surface area contributed by atoms with Crippen molar-refractivity contribution in [1.29, 1.82) is 0 Å². The fourth-order valence-electron chi connectivity index (χ4n) is 1.47. The van der Waals surface area contributed by atoms with Crippen molar-refractivity contribution in [2.24, 2.45) is 0 Å². The van der Waals surface area contributed by atoms with E-state index in [2.05, 4.69) is 14.8 Å². The van der Waals surface area contributed by atoms with Crippen LogP contribution in [0.5, 0.6) is 0 Å². The maximum atomic E-state index is 12.1. The first-order valence-electron chi connectivity index (χ1n) is 6.03. The van der Waals surface area contributed by atoms with Crippen LogP contribution in [-0.2, 0) is 26.1 Å². The van der Waals surface area contributed by atoms with Crippen molar-refractivity contribution in [2.45, 2.75) is 24.6 Å². The van der Waals surface area contributed by atoms with Crippen LogP contribution in [0.15, 0.2) is 22.0 Å². The van der Waals surface area contributed by atoms with Gasteiger partial charge in [-0.1, -0.05) is 0 Å². The number of esters is 1. The molecule has 0 aliphatic carbocycles. The lowest BCUT2D eigenvalue weighted by atomic mass is 10.4. The zero-order valence-electron chi connectivity index (χ0n) is 11.4. The second kappa shape index (κ2) is 6.22. The lowest BCUT2D eigenvalue weighted by Crippen LogP contribution is -2.15. The number of ether oxygens (including phenoxy) is 1. The number of anilines is 1. The van der Waals surface area contributed by atoms with Crippen LogP contribution >= 0.6 is 11.3 Å². The predicted molar refractivity (Wildman–Crippen MR) is 76.5 cm³/mol. The summed E-state index contributed by atoms with van der Waals surface area (Å²) in [5.41, 5.74) is 0.862. The number of carbonyl (C=O) groups excluding carboxylic acids is 1. The summed E-state index contributed by atoms with van der Waals surface area (Å²) in [5.74, 6) is -0.559. The Labute approximate surface area is 125 Å². The fourth-order valence-corrected chi connectivity index (χ4v) is 3.65. The highest BCUT2D eigenvalue weighted by Gasteiger charge is 2.18. The summed E-state index contributed by atoms with van der Waals surface area (Å²) in [4.78, 5) is 15.1. The smallest absolute Gasteiger partial charge is 0.327 e. The highest BCUT2D eigenvalue weighted by atomic mass is 32.2. The van der Waals surface area contributed by atoms with E-state index in [1.807, 2.05) is 6.92 Å². The Kier molecular flexibility index (Phi) is 4.58. The van der Waals surface area contributed by atoms with Gasteiger partial charge in [-0.3, -0.25) is 4.79 Å². The van der Waals surface area contributed by atoms with E-state index < -0.39 is 16.0 Å². The van der Waals surface area contributed by atoms with E-state index >= 15 is 0 Å². The van der Waals surface area contributed by atoms with Crippen molar-refractivity contribution < 1.29 is 17.9 Å². The Morgan fingerprint density at radius 1 is 1.52 bits per heavy atom. The minimum atomic E-state index is -3.70. The van der Waals surface area contributed by atoms with E-state index in [0.29, 0.717) is 0 Å². The molecule has 1 N–H and O–H groups in total. The summed E-state index contributed by atoms with van der Waals surface area (Å²) in [6, 6.07) is 1.56. The van der Waals surface area contributed by atoms with E-state index in [1.165, 1.54) is 11.0 Å². The van der Waals surface area contributed by atoms with E-state index in [9.17, 15) is 13.2 Å². The van der Waals surface area contributed by atoms with Gasteiger partial charge >= 0.3 is 5.97 Å². The van der Waals surface area contributed by atoms with Crippen molar-refractivity contribution in [1.82, 2.24) is 14.8 Å². The van der Waals surface area contributed by atoms with Gasteiger partial charge in [-0.15, -0.1) is 16.4 Å². The average molecular weight is 330 g/mol. The van der Waals surface area contributed by atoms with Gasteiger partial charge in [0.05, 0.1) is 6.61 Å². The van der Waals surface area contributed by atoms with E-state index in [4.69, 9.17) is 4.74 Å².